The van der Waals surface area contributed by atoms with Crippen LogP contribution in [0.4, 0.5) is 0 Å². The lowest BCUT2D eigenvalue weighted by Crippen LogP contribution is -2.44. The molecule has 0 bridgehead atoms. The van der Waals surface area contributed by atoms with Gasteiger partial charge in [-0.1, -0.05) is 0 Å². The normalized spacial score (nSPS) is 19.4. The molecule has 0 radical (unpaired) electrons. The molecule has 4 nitrogen and oxygen atoms in total. The molecule has 1 aromatic heterocycles. The Morgan fingerprint density at radius 2 is 2.22 bits per heavy atom. The molecule has 5 heteroatoms. The third-order valence-corrected chi connectivity index (χ3v) is 3.98. The van der Waals surface area contributed by atoms with E-state index in [4.69, 9.17) is 0 Å². The minimum Gasteiger partial charge on any atom is -0.390 e. The molecule has 18 heavy (non-hydrogen) atoms. The van der Waals surface area contributed by atoms with Crippen LogP contribution < -0.4 is 0 Å². The fraction of sp³-hybridized carbons (Fsp3) is 0.538. The standard InChI is InChI=1S/C13H18N2O2S/c1-10-14-11(9-18-10)3-4-12(16)15-7-5-13(2,17)6-8-15/h3-4,9,17H,5-8H2,1-2H3/b4-3+. The van der Waals surface area contributed by atoms with E-state index in [-0.39, 0.29) is 5.91 Å². The highest BCUT2D eigenvalue weighted by molar-refractivity contribution is 7.09. The Balaban J connectivity index is 1.91. The summed E-state index contributed by atoms with van der Waals surface area (Å²) in [6, 6.07) is 0. The van der Waals surface area contributed by atoms with E-state index in [1.165, 1.54) is 0 Å². The van der Waals surface area contributed by atoms with Crippen LogP contribution in [-0.2, 0) is 4.79 Å². The molecule has 0 aromatic carbocycles. The number of aromatic nitrogens is 1. The zero-order chi connectivity index (χ0) is 13.2. The first-order valence-corrected chi connectivity index (χ1v) is 6.96. The first-order valence-electron chi connectivity index (χ1n) is 6.08. The summed E-state index contributed by atoms with van der Waals surface area (Å²) in [7, 11) is 0. The number of thiazole rings is 1. The van der Waals surface area contributed by atoms with Crippen LogP contribution in [0.2, 0.25) is 0 Å². The molecule has 2 heterocycles. The molecular weight excluding hydrogens is 248 g/mol. The zero-order valence-electron chi connectivity index (χ0n) is 10.7. The molecule has 0 aliphatic carbocycles. The molecule has 2 rings (SSSR count). The van der Waals surface area contributed by atoms with Crippen LogP contribution in [0.25, 0.3) is 6.08 Å². The molecular formula is C13H18N2O2S. The van der Waals surface area contributed by atoms with Crippen LogP contribution in [0.5, 0.6) is 0 Å². The molecule has 98 valence electrons. The predicted molar refractivity (Wildman–Crippen MR) is 72.3 cm³/mol. The number of aliphatic hydroxyl groups is 1. The number of carbonyl (C=O) groups is 1. The molecule has 1 N–H and O–H groups in total. The van der Waals surface area contributed by atoms with Crippen molar-refractivity contribution in [1.82, 2.24) is 9.88 Å². The van der Waals surface area contributed by atoms with E-state index in [2.05, 4.69) is 4.98 Å². The lowest BCUT2D eigenvalue weighted by atomic mass is 9.94. The van der Waals surface area contributed by atoms with E-state index in [1.807, 2.05) is 19.2 Å². The summed E-state index contributed by atoms with van der Waals surface area (Å²) in [6.45, 7) is 5.00. The SMILES string of the molecule is Cc1nc(/C=C/C(=O)N2CCC(C)(O)CC2)cs1. The van der Waals surface area contributed by atoms with Crippen molar-refractivity contribution < 1.29 is 9.90 Å². The lowest BCUT2D eigenvalue weighted by molar-refractivity contribution is -0.129. The van der Waals surface area contributed by atoms with Gasteiger partial charge in [0.05, 0.1) is 16.3 Å². The van der Waals surface area contributed by atoms with Gasteiger partial charge in [0.25, 0.3) is 0 Å². The maximum absolute atomic E-state index is 11.9. The molecule has 0 unspecified atom stereocenters. The molecule has 0 saturated carbocycles. The van der Waals surface area contributed by atoms with Crippen LogP contribution in [0.1, 0.15) is 30.5 Å². The van der Waals surface area contributed by atoms with Gasteiger partial charge >= 0.3 is 0 Å². The Labute approximate surface area is 111 Å². The summed E-state index contributed by atoms with van der Waals surface area (Å²) in [6.07, 6.45) is 4.60. The molecule has 0 spiro atoms. The second-order valence-electron chi connectivity index (χ2n) is 4.95. The summed E-state index contributed by atoms with van der Waals surface area (Å²) >= 11 is 1.57. The largest absolute Gasteiger partial charge is 0.390 e. The minimum atomic E-state index is -0.619. The molecule has 1 aromatic rings. The lowest BCUT2D eigenvalue weighted by Gasteiger charge is -2.35. The second-order valence-corrected chi connectivity index (χ2v) is 6.01. The average molecular weight is 266 g/mol. The van der Waals surface area contributed by atoms with Gasteiger partial charge in [-0.2, -0.15) is 0 Å². The Morgan fingerprint density at radius 3 is 2.78 bits per heavy atom. The minimum absolute atomic E-state index is 0.00356. The number of likely N-dealkylation sites (tertiary alicyclic amines) is 1. The van der Waals surface area contributed by atoms with Crippen molar-refractivity contribution in [2.45, 2.75) is 32.3 Å². The topological polar surface area (TPSA) is 53.4 Å². The van der Waals surface area contributed by atoms with Crippen LogP contribution in [0.3, 0.4) is 0 Å². The van der Waals surface area contributed by atoms with Crippen molar-refractivity contribution in [2.75, 3.05) is 13.1 Å². The Hall–Kier alpha value is -1.20. The van der Waals surface area contributed by atoms with Crippen LogP contribution in [-0.4, -0.2) is 39.6 Å². The molecule has 1 saturated heterocycles. The molecule has 1 fully saturated rings. The fourth-order valence-corrected chi connectivity index (χ4v) is 2.51. The molecule has 1 amide bonds. The van der Waals surface area contributed by atoms with Gasteiger partial charge in [-0.05, 0) is 32.8 Å². The average Bonchev–Trinajstić information content (AvgIpc) is 2.72. The maximum Gasteiger partial charge on any atom is 0.246 e. The fourth-order valence-electron chi connectivity index (χ4n) is 1.93. The summed E-state index contributed by atoms with van der Waals surface area (Å²) in [5, 5.41) is 12.7. The maximum atomic E-state index is 11.9. The second kappa shape index (κ2) is 5.20. The number of carbonyl (C=O) groups excluding carboxylic acids is 1. The van der Waals surface area contributed by atoms with Gasteiger partial charge in [-0.15, -0.1) is 11.3 Å². The zero-order valence-corrected chi connectivity index (χ0v) is 11.5. The number of hydrogen-bond donors (Lipinski definition) is 1. The Morgan fingerprint density at radius 1 is 1.56 bits per heavy atom. The van der Waals surface area contributed by atoms with Crippen molar-refractivity contribution in [3.63, 3.8) is 0 Å². The summed E-state index contributed by atoms with van der Waals surface area (Å²) in [4.78, 5) is 18.0. The highest BCUT2D eigenvalue weighted by Gasteiger charge is 2.28. The smallest absolute Gasteiger partial charge is 0.246 e. The van der Waals surface area contributed by atoms with Crippen molar-refractivity contribution >= 4 is 23.3 Å². The van der Waals surface area contributed by atoms with E-state index in [0.29, 0.717) is 25.9 Å². The van der Waals surface area contributed by atoms with Crippen molar-refractivity contribution in [2.24, 2.45) is 0 Å². The number of aryl methyl sites for hydroxylation is 1. The van der Waals surface area contributed by atoms with Crippen molar-refractivity contribution in [3.05, 3.63) is 22.2 Å². The van der Waals surface area contributed by atoms with Gasteiger partial charge in [0, 0.05) is 24.5 Å². The van der Waals surface area contributed by atoms with Crippen LogP contribution in [0, 0.1) is 6.92 Å². The summed E-state index contributed by atoms with van der Waals surface area (Å²) in [5.74, 6) is -0.00356. The molecule has 1 aliphatic rings. The van der Waals surface area contributed by atoms with Gasteiger partial charge in [0.2, 0.25) is 5.91 Å². The monoisotopic (exact) mass is 266 g/mol. The highest BCUT2D eigenvalue weighted by atomic mass is 32.1. The van der Waals surface area contributed by atoms with E-state index < -0.39 is 5.60 Å². The van der Waals surface area contributed by atoms with Crippen molar-refractivity contribution in [3.8, 4) is 0 Å². The molecule has 1 aliphatic heterocycles. The highest BCUT2D eigenvalue weighted by Crippen LogP contribution is 2.21. The Bertz CT molecular complexity index is 455. The van der Waals surface area contributed by atoms with Crippen LogP contribution >= 0.6 is 11.3 Å². The summed E-state index contributed by atoms with van der Waals surface area (Å²) in [5.41, 5.74) is 0.210. The van der Waals surface area contributed by atoms with Gasteiger partial charge in [0.1, 0.15) is 0 Å². The summed E-state index contributed by atoms with van der Waals surface area (Å²) < 4.78 is 0. The van der Waals surface area contributed by atoms with E-state index >= 15 is 0 Å². The van der Waals surface area contributed by atoms with Gasteiger partial charge in [-0.3, -0.25) is 4.79 Å². The third-order valence-electron chi connectivity index (χ3n) is 3.19. The Kier molecular flexibility index (Phi) is 3.82. The quantitative estimate of drug-likeness (QED) is 0.831. The number of amides is 1. The van der Waals surface area contributed by atoms with E-state index in [9.17, 15) is 9.90 Å². The first kappa shape index (κ1) is 13.2. The van der Waals surface area contributed by atoms with E-state index in [0.717, 1.165) is 10.7 Å². The van der Waals surface area contributed by atoms with Gasteiger partial charge < -0.3 is 10.0 Å². The third kappa shape index (κ3) is 3.40. The van der Waals surface area contributed by atoms with Gasteiger partial charge in [0.15, 0.2) is 0 Å². The number of hydrogen-bond acceptors (Lipinski definition) is 4. The van der Waals surface area contributed by atoms with Gasteiger partial charge in [-0.25, -0.2) is 4.98 Å². The van der Waals surface area contributed by atoms with Crippen LogP contribution in [0.15, 0.2) is 11.5 Å². The molecule has 0 atom stereocenters. The van der Waals surface area contributed by atoms with E-state index in [1.54, 1.807) is 28.4 Å². The number of piperidine rings is 1. The predicted octanol–water partition coefficient (Wildman–Crippen LogP) is 1.84. The first-order chi connectivity index (χ1) is 8.46. The van der Waals surface area contributed by atoms with Crippen molar-refractivity contribution in [1.29, 1.82) is 0 Å². The number of nitrogens with zero attached hydrogens (tertiary/aromatic N) is 2. The number of rotatable bonds is 2.